The van der Waals surface area contributed by atoms with Gasteiger partial charge in [-0.05, 0) is 20.1 Å². The normalized spacial score (nSPS) is 51.5. The SMILES string of the molecule is CPC1(F)C[C@@H]2C[C@H]1CN2C. The standard InChI is InChI=1S/C8H15FNP/c1-10-5-6-3-7(10)4-8(6,9)11-2/h6-7,11H,3-5H2,1-2H3/t6-,7-,8?/m0/s1. The lowest BCUT2D eigenvalue weighted by Gasteiger charge is -2.33. The van der Waals surface area contributed by atoms with Gasteiger partial charge in [-0.25, -0.2) is 4.39 Å². The van der Waals surface area contributed by atoms with Crippen LogP contribution >= 0.6 is 8.58 Å². The number of hydrogen-bond acceptors (Lipinski definition) is 1. The Hall–Kier alpha value is 0.320. The van der Waals surface area contributed by atoms with E-state index < -0.39 is 5.41 Å². The van der Waals surface area contributed by atoms with E-state index in [0.29, 0.717) is 20.5 Å². The van der Waals surface area contributed by atoms with Crippen molar-refractivity contribution < 1.29 is 4.39 Å². The Bertz CT molecular complexity index is 173. The van der Waals surface area contributed by atoms with Gasteiger partial charge >= 0.3 is 0 Å². The number of hydrogen-bond donors (Lipinski definition) is 0. The van der Waals surface area contributed by atoms with Crippen molar-refractivity contribution in [3.63, 3.8) is 0 Å². The second-order valence-electron chi connectivity index (χ2n) is 3.84. The van der Waals surface area contributed by atoms with Crippen molar-refractivity contribution in [2.24, 2.45) is 5.92 Å². The summed E-state index contributed by atoms with van der Waals surface area (Å²) in [6.07, 6.45) is 1.90. The van der Waals surface area contributed by atoms with Crippen molar-refractivity contribution in [2.45, 2.75) is 24.3 Å². The molecule has 3 heteroatoms. The third-order valence-electron chi connectivity index (χ3n) is 3.28. The summed E-state index contributed by atoms with van der Waals surface area (Å²) >= 11 is 0. The van der Waals surface area contributed by atoms with Crippen molar-refractivity contribution in [1.82, 2.24) is 4.90 Å². The van der Waals surface area contributed by atoms with Crippen molar-refractivity contribution in [2.75, 3.05) is 20.3 Å². The molecular formula is C8H15FNP. The van der Waals surface area contributed by atoms with E-state index >= 15 is 0 Å². The van der Waals surface area contributed by atoms with E-state index in [0.717, 1.165) is 19.4 Å². The second kappa shape index (κ2) is 2.40. The molecule has 1 saturated carbocycles. The van der Waals surface area contributed by atoms with Crippen LogP contribution in [-0.4, -0.2) is 36.6 Å². The minimum atomic E-state index is -0.781. The molecule has 0 spiro atoms. The summed E-state index contributed by atoms with van der Waals surface area (Å²) in [5.74, 6) is 0.348. The fourth-order valence-corrected chi connectivity index (χ4v) is 3.52. The Kier molecular flexibility index (Phi) is 1.73. The van der Waals surface area contributed by atoms with Crippen LogP contribution in [0.1, 0.15) is 12.8 Å². The molecule has 2 bridgehead atoms. The molecule has 2 unspecified atom stereocenters. The highest BCUT2D eigenvalue weighted by molar-refractivity contribution is 7.38. The van der Waals surface area contributed by atoms with E-state index in [1.165, 1.54) is 0 Å². The van der Waals surface area contributed by atoms with Gasteiger partial charge < -0.3 is 4.90 Å². The predicted molar refractivity (Wildman–Crippen MR) is 47.2 cm³/mol. The van der Waals surface area contributed by atoms with Crippen molar-refractivity contribution >= 4 is 8.58 Å². The summed E-state index contributed by atoms with van der Waals surface area (Å²) in [5, 5.41) is -0.781. The average Bonchev–Trinajstić information content (AvgIpc) is 2.45. The van der Waals surface area contributed by atoms with Gasteiger partial charge in [-0.2, -0.15) is 0 Å². The average molecular weight is 175 g/mol. The van der Waals surface area contributed by atoms with Crippen molar-refractivity contribution in [3.05, 3.63) is 0 Å². The number of fused-ring (bicyclic) bond motifs is 2. The summed E-state index contributed by atoms with van der Waals surface area (Å²) in [6.45, 7) is 2.99. The van der Waals surface area contributed by atoms with E-state index in [9.17, 15) is 4.39 Å². The van der Waals surface area contributed by atoms with Gasteiger partial charge in [0, 0.05) is 24.9 Å². The summed E-state index contributed by atoms with van der Waals surface area (Å²) < 4.78 is 13.9. The molecule has 0 amide bonds. The first kappa shape index (κ1) is 7.94. The molecule has 2 aliphatic rings. The Morgan fingerprint density at radius 1 is 1.64 bits per heavy atom. The zero-order valence-electron chi connectivity index (χ0n) is 7.10. The highest BCUT2D eigenvalue weighted by atomic mass is 31.1. The summed E-state index contributed by atoms with van der Waals surface area (Å²) in [4.78, 5) is 2.31. The van der Waals surface area contributed by atoms with Crippen molar-refractivity contribution in [3.8, 4) is 0 Å². The number of nitrogens with zero attached hydrogens (tertiary/aromatic N) is 1. The number of halogens is 1. The summed E-state index contributed by atoms with van der Waals surface area (Å²) in [5.41, 5.74) is 0. The molecule has 0 aromatic carbocycles. The molecule has 0 aromatic heterocycles. The highest BCUT2D eigenvalue weighted by Gasteiger charge is 2.52. The van der Waals surface area contributed by atoms with Crippen LogP contribution in [0.2, 0.25) is 0 Å². The first-order chi connectivity index (χ1) is 5.15. The van der Waals surface area contributed by atoms with Gasteiger partial charge in [0.2, 0.25) is 0 Å². The van der Waals surface area contributed by atoms with Crippen LogP contribution in [0.15, 0.2) is 0 Å². The van der Waals surface area contributed by atoms with Crippen LogP contribution in [0.4, 0.5) is 4.39 Å². The maximum absolute atomic E-state index is 13.9. The fourth-order valence-electron chi connectivity index (χ4n) is 2.47. The molecule has 2 rings (SSSR count). The zero-order chi connectivity index (χ0) is 8.06. The Morgan fingerprint density at radius 3 is 2.73 bits per heavy atom. The quantitative estimate of drug-likeness (QED) is 0.548. The topological polar surface area (TPSA) is 3.24 Å². The number of piperidine rings is 1. The molecule has 1 aliphatic carbocycles. The third kappa shape index (κ3) is 1.03. The maximum atomic E-state index is 13.9. The van der Waals surface area contributed by atoms with Gasteiger partial charge in [0.15, 0.2) is 0 Å². The third-order valence-corrected chi connectivity index (χ3v) is 4.73. The van der Waals surface area contributed by atoms with E-state index in [-0.39, 0.29) is 0 Å². The molecule has 1 aliphatic heterocycles. The molecule has 1 heterocycles. The van der Waals surface area contributed by atoms with Crippen LogP contribution in [-0.2, 0) is 0 Å². The lowest BCUT2D eigenvalue weighted by molar-refractivity contribution is 0.136. The van der Waals surface area contributed by atoms with Gasteiger partial charge in [0.25, 0.3) is 0 Å². The van der Waals surface area contributed by atoms with Crippen LogP contribution < -0.4 is 0 Å². The lowest BCUT2D eigenvalue weighted by atomic mass is 10.1. The molecule has 1 saturated heterocycles. The van der Waals surface area contributed by atoms with E-state index in [1.807, 2.05) is 6.66 Å². The molecule has 0 radical (unpaired) electrons. The smallest absolute Gasteiger partial charge is 0.131 e. The minimum absolute atomic E-state index is 0.348. The fraction of sp³-hybridized carbons (Fsp3) is 1.00. The molecule has 4 atom stereocenters. The Balaban J connectivity index is 2.13. The van der Waals surface area contributed by atoms with Crippen LogP contribution in [0, 0.1) is 5.92 Å². The van der Waals surface area contributed by atoms with Gasteiger partial charge in [0.1, 0.15) is 5.41 Å². The number of likely N-dealkylation sites (tertiary alicyclic amines) is 1. The lowest BCUT2D eigenvalue weighted by Crippen LogP contribution is -2.38. The van der Waals surface area contributed by atoms with Gasteiger partial charge in [0.05, 0.1) is 0 Å². The molecule has 11 heavy (non-hydrogen) atoms. The second-order valence-corrected chi connectivity index (χ2v) is 5.17. The summed E-state index contributed by atoms with van der Waals surface area (Å²) in [6, 6.07) is 0.553. The number of rotatable bonds is 1. The minimum Gasteiger partial charge on any atom is -0.303 e. The van der Waals surface area contributed by atoms with Crippen LogP contribution in [0.3, 0.4) is 0 Å². The van der Waals surface area contributed by atoms with E-state index in [2.05, 4.69) is 11.9 Å². The molecule has 2 fully saturated rings. The first-order valence-corrected chi connectivity index (χ1v) is 5.74. The maximum Gasteiger partial charge on any atom is 0.131 e. The van der Waals surface area contributed by atoms with Gasteiger partial charge in [-0.1, -0.05) is 8.58 Å². The van der Waals surface area contributed by atoms with E-state index in [4.69, 9.17) is 0 Å². The molecular weight excluding hydrogens is 160 g/mol. The highest BCUT2D eigenvalue weighted by Crippen LogP contribution is 2.54. The number of alkyl halides is 1. The van der Waals surface area contributed by atoms with Gasteiger partial charge in [-0.15, -0.1) is 0 Å². The Morgan fingerprint density at radius 2 is 2.36 bits per heavy atom. The Labute approximate surface area is 69.1 Å². The molecule has 64 valence electrons. The van der Waals surface area contributed by atoms with Crippen LogP contribution in [0.25, 0.3) is 0 Å². The first-order valence-electron chi connectivity index (χ1n) is 4.24. The van der Waals surface area contributed by atoms with Crippen LogP contribution in [0.5, 0.6) is 0 Å². The molecule has 0 aromatic rings. The molecule has 0 N–H and O–H groups in total. The zero-order valence-corrected chi connectivity index (χ0v) is 8.10. The summed E-state index contributed by atoms with van der Waals surface area (Å²) in [7, 11) is 2.59. The van der Waals surface area contributed by atoms with E-state index in [1.54, 1.807) is 0 Å². The van der Waals surface area contributed by atoms with Gasteiger partial charge in [-0.3, -0.25) is 0 Å². The monoisotopic (exact) mass is 175 g/mol. The predicted octanol–water partition coefficient (Wildman–Crippen LogP) is 1.68. The molecule has 1 nitrogen and oxygen atoms in total. The largest absolute Gasteiger partial charge is 0.303 e. The van der Waals surface area contributed by atoms with Crippen molar-refractivity contribution in [1.29, 1.82) is 0 Å².